The Morgan fingerprint density at radius 3 is 2.41 bits per heavy atom. The van der Waals surface area contributed by atoms with Crippen molar-refractivity contribution in [3.05, 3.63) is 75.2 Å². The lowest BCUT2D eigenvalue weighted by atomic mass is 10.0. The van der Waals surface area contributed by atoms with Crippen LogP contribution >= 0.6 is 11.6 Å². The second-order valence-electron chi connectivity index (χ2n) is 4.93. The van der Waals surface area contributed by atoms with Crippen LogP contribution in [-0.2, 0) is 0 Å². The Labute approximate surface area is 131 Å². The predicted molar refractivity (Wildman–Crippen MR) is 86.3 cm³/mol. The fourth-order valence-corrected chi connectivity index (χ4v) is 2.85. The fourth-order valence-electron chi connectivity index (χ4n) is 2.66. The molecular formula is C17H12ClNO3. The molecule has 1 N–H and O–H groups in total. The van der Waals surface area contributed by atoms with Crippen LogP contribution in [0.15, 0.2) is 53.3 Å². The average Bonchev–Trinajstić information content (AvgIpc) is 2.47. The van der Waals surface area contributed by atoms with Crippen molar-refractivity contribution in [1.82, 2.24) is 4.57 Å². The van der Waals surface area contributed by atoms with Crippen LogP contribution in [0.25, 0.3) is 16.5 Å². The summed E-state index contributed by atoms with van der Waals surface area (Å²) in [4.78, 5) is 24.4. The molecule has 110 valence electrons. The molecule has 0 amide bonds. The number of carbonyl (C=O) groups is 1. The van der Waals surface area contributed by atoms with Gasteiger partial charge in [-0.1, -0.05) is 35.9 Å². The molecule has 0 bridgehead atoms. The molecular weight excluding hydrogens is 302 g/mol. The van der Waals surface area contributed by atoms with E-state index in [4.69, 9.17) is 11.6 Å². The van der Waals surface area contributed by atoms with Gasteiger partial charge in [0.15, 0.2) is 0 Å². The molecule has 3 aromatic rings. The van der Waals surface area contributed by atoms with E-state index in [1.54, 1.807) is 55.5 Å². The zero-order chi connectivity index (χ0) is 15.9. The molecule has 1 heterocycles. The molecule has 0 saturated heterocycles. The van der Waals surface area contributed by atoms with E-state index in [0.717, 1.165) is 0 Å². The Morgan fingerprint density at radius 1 is 1.09 bits per heavy atom. The van der Waals surface area contributed by atoms with Gasteiger partial charge in [0, 0.05) is 21.5 Å². The first-order chi connectivity index (χ1) is 10.5. The molecule has 5 heteroatoms. The number of aromatic nitrogens is 1. The minimum atomic E-state index is -1.07. The van der Waals surface area contributed by atoms with E-state index in [0.29, 0.717) is 27.2 Å². The van der Waals surface area contributed by atoms with Crippen molar-refractivity contribution >= 4 is 28.3 Å². The third-order valence-corrected chi connectivity index (χ3v) is 3.84. The summed E-state index contributed by atoms with van der Waals surface area (Å²) in [5.74, 6) is -1.07. The summed E-state index contributed by atoms with van der Waals surface area (Å²) in [5.41, 5.74) is 0.775. The molecule has 0 atom stereocenters. The van der Waals surface area contributed by atoms with E-state index < -0.39 is 5.97 Å². The summed E-state index contributed by atoms with van der Waals surface area (Å²) >= 11 is 5.99. The molecule has 0 aliphatic rings. The SMILES string of the molecule is Cc1c(C(=O)O)c2ccccc2c(=O)n1-c1cccc(Cl)c1. The highest BCUT2D eigenvalue weighted by Gasteiger charge is 2.19. The largest absolute Gasteiger partial charge is 0.478 e. The van der Waals surface area contributed by atoms with E-state index >= 15 is 0 Å². The van der Waals surface area contributed by atoms with Crippen LogP contribution in [0.1, 0.15) is 16.1 Å². The molecule has 0 aliphatic heterocycles. The number of benzene rings is 2. The first-order valence-electron chi connectivity index (χ1n) is 6.64. The Morgan fingerprint density at radius 2 is 1.77 bits per heavy atom. The van der Waals surface area contributed by atoms with Crippen LogP contribution in [0.4, 0.5) is 0 Å². The third kappa shape index (κ3) is 2.18. The van der Waals surface area contributed by atoms with Crippen molar-refractivity contribution in [3.8, 4) is 5.69 Å². The lowest BCUT2D eigenvalue weighted by molar-refractivity contribution is 0.0697. The van der Waals surface area contributed by atoms with Crippen molar-refractivity contribution in [2.45, 2.75) is 6.92 Å². The van der Waals surface area contributed by atoms with E-state index in [1.807, 2.05) is 0 Å². The van der Waals surface area contributed by atoms with Crippen LogP contribution in [0.5, 0.6) is 0 Å². The standard InChI is InChI=1S/C17H12ClNO3/c1-10-15(17(21)22)13-7-2-3-8-14(13)16(20)19(10)12-6-4-5-11(18)9-12/h2-9H,1H3,(H,21,22). The van der Waals surface area contributed by atoms with Gasteiger partial charge < -0.3 is 5.11 Å². The topological polar surface area (TPSA) is 59.3 Å². The van der Waals surface area contributed by atoms with Crippen LogP contribution < -0.4 is 5.56 Å². The van der Waals surface area contributed by atoms with Crippen LogP contribution in [0.3, 0.4) is 0 Å². The second kappa shape index (κ2) is 5.31. The third-order valence-electron chi connectivity index (χ3n) is 3.61. The first-order valence-corrected chi connectivity index (χ1v) is 7.02. The molecule has 3 rings (SSSR count). The molecule has 2 aromatic carbocycles. The molecule has 22 heavy (non-hydrogen) atoms. The van der Waals surface area contributed by atoms with Gasteiger partial charge in [-0.15, -0.1) is 0 Å². The Bertz CT molecular complexity index is 960. The Hall–Kier alpha value is -2.59. The van der Waals surface area contributed by atoms with Crippen molar-refractivity contribution in [2.24, 2.45) is 0 Å². The van der Waals surface area contributed by atoms with Gasteiger partial charge in [0.2, 0.25) is 0 Å². The average molecular weight is 314 g/mol. The monoisotopic (exact) mass is 313 g/mol. The highest BCUT2D eigenvalue weighted by Crippen LogP contribution is 2.23. The molecule has 0 unspecified atom stereocenters. The van der Waals surface area contributed by atoms with Crippen molar-refractivity contribution < 1.29 is 9.90 Å². The van der Waals surface area contributed by atoms with Crippen molar-refractivity contribution in [1.29, 1.82) is 0 Å². The van der Waals surface area contributed by atoms with Crippen LogP contribution in [0, 0.1) is 6.92 Å². The molecule has 0 fully saturated rings. The molecule has 0 aliphatic carbocycles. The van der Waals surface area contributed by atoms with Gasteiger partial charge in [-0.3, -0.25) is 9.36 Å². The maximum atomic E-state index is 12.8. The van der Waals surface area contributed by atoms with E-state index in [-0.39, 0.29) is 11.1 Å². The summed E-state index contributed by atoms with van der Waals surface area (Å²) in [7, 11) is 0. The van der Waals surface area contributed by atoms with Gasteiger partial charge in [0.25, 0.3) is 5.56 Å². The number of rotatable bonds is 2. The highest BCUT2D eigenvalue weighted by atomic mass is 35.5. The Kier molecular flexibility index (Phi) is 3.47. The normalized spacial score (nSPS) is 10.8. The lowest BCUT2D eigenvalue weighted by Crippen LogP contribution is -2.24. The summed E-state index contributed by atoms with van der Waals surface area (Å²) in [6.45, 7) is 1.62. The summed E-state index contributed by atoms with van der Waals surface area (Å²) in [6, 6.07) is 13.5. The van der Waals surface area contributed by atoms with Gasteiger partial charge in [0.05, 0.1) is 11.3 Å². The maximum absolute atomic E-state index is 12.8. The minimum absolute atomic E-state index is 0.121. The summed E-state index contributed by atoms with van der Waals surface area (Å²) < 4.78 is 1.39. The number of hydrogen-bond acceptors (Lipinski definition) is 2. The first kappa shape index (κ1) is 14.4. The maximum Gasteiger partial charge on any atom is 0.338 e. The smallest absolute Gasteiger partial charge is 0.338 e. The van der Waals surface area contributed by atoms with Gasteiger partial charge in [-0.25, -0.2) is 4.79 Å². The molecule has 0 saturated carbocycles. The van der Waals surface area contributed by atoms with Gasteiger partial charge in [0.1, 0.15) is 0 Å². The van der Waals surface area contributed by atoms with E-state index in [1.165, 1.54) is 4.57 Å². The summed E-state index contributed by atoms with van der Waals surface area (Å²) in [6.07, 6.45) is 0. The minimum Gasteiger partial charge on any atom is -0.478 e. The Balaban J connectivity index is 2.51. The number of nitrogens with zero attached hydrogens (tertiary/aromatic N) is 1. The zero-order valence-electron chi connectivity index (χ0n) is 11.7. The van der Waals surface area contributed by atoms with Gasteiger partial charge in [-0.2, -0.15) is 0 Å². The second-order valence-corrected chi connectivity index (χ2v) is 5.37. The molecule has 1 aromatic heterocycles. The number of pyridine rings is 1. The van der Waals surface area contributed by atoms with Crippen LogP contribution in [0.2, 0.25) is 5.02 Å². The van der Waals surface area contributed by atoms with Crippen LogP contribution in [-0.4, -0.2) is 15.6 Å². The highest BCUT2D eigenvalue weighted by molar-refractivity contribution is 6.30. The van der Waals surface area contributed by atoms with E-state index in [9.17, 15) is 14.7 Å². The summed E-state index contributed by atoms with van der Waals surface area (Å²) in [5, 5.41) is 10.8. The van der Waals surface area contributed by atoms with Crippen molar-refractivity contribution in [3.63, 3.8) is 0 Å². The number of carboxylic acid groups (broad SMARTS) is 1. The quantitative estimate of drug-likeness (QED) is 0.785. The zero-order valence-corrected chi connectivity index (χ0v) is 12.5. The van der Waals surface area contributed by atoms with Gasteiger partial charge >= 0.3 is 5.97 Å². The number of aromatic carboxylic acids is 1. The van der Waals surface area contributed by atoms with Crippen molar-refractivity contribution in [2.75, 3.05) is 0 Å². The number of halogens is 1. The predicted octanol–water partition coefficient (Wildman–Crippen LogP) is 3.65. The number of carboxylic acids is 1. The molecule has 4 nitrogen and oxygen atoms in total. The molecule has 0 spiro atoms. The lowest BCUT2D eigenvalue weighted by Gasteiger charge is -2.15. The molecule has 0 radical (unpaired) electrons. The number of hydrogen-bond donors (Lipinski definition) is 1. The number of fused-ring (bicyclic) bond motifs is 1. The van der Waals surface area contributed by atoms with Gasteiger partial charge in [-0.05, 0) is 31.2 Å². The fraction of sp³-hybridized carbons (Fsp3) is 0.0588. The van der Waals surface area contributed by atoms with E-state index in [2.05, 4.69) is 0 Å².